The maximum absolute atomic E-state index is 12.4. The molecule has 0 aliphatic carbocycles. The zero-order chi connectivity index (χ0) is 20.4. The summed E-state index contributed by atoms with van der Waals surface area (Å²) in [6, 6.07) is 13.1. The van der Waals surface area contributed by atoms with E-state index in [1.165, 1.54) is 13.2 Å². The highest BCUT2D eigenvalue weighted by Crippen LogP contribution is 2.19. The van der Waals surface area contributed by atoms with E-state index >= 15 is 0 Å². The van der Waals surface area contributed by atoms with Crippen LogP contribution in [0.2, 0.25) is 0 Å². The average Bonchev–Trinajstić information content (AvgIpc) is 2.68. The summed E-state index contributed by atoms with van der Waals surface area (Å²) in [5.74, 6) is 0.388. The smallest absolute Gasteiger partial charge is 0.343 e. The Bertz CT molecular complexity index is 784. The second-order valence-electron chi connectivity index (χ2n) is 6.60. The molecule has 6 nitrogen and oxygen atoms in total. The summed E-state index contributed by atoms with van der Waals surface area (Å²) in [6.07, 6.45) is 0.932. The largest absolute Gasteiger partial charge is 0.494 e. The number of rotatable bonds is 10. The fraction of sp³-hybridized carbons (Fsp3) is 0.364. The predicted octanol–water partition coefficient (Wildman–Crippen LogP) is 4.13. The van der Waals surface area contributed by atoms with Crippen LogP contribution in [-0.4, -0.2) is 38.9 Å². The van der Waals surface area contributed by atoms with Crippen molar-refractivity contribution in [3.05, 3.63) is 59.7 Å². The van der Waals surface area contributed by atoms with Crippen LogP contribution in [0.15, 0.2) is 48.5 Å². The van der Waals surface area contributed by atoms with E-state index in [0.29, 0.717) is 36.0 Å². The number of benzene rings is 2. The van der Waals surface area contributed by atoms with Crippen molar-refractivity contribution in [1.82, 2.24) is 0 Å². The molecule has 2 rings (SSSR count). The van der Waals surface area contributed by atoms with E-state index in [1.807, 2.05) is 0 Å². The second kappa shape index (κ2) is 11.1. The van der Waals surface area contributed by atoms with Crippen molar-refractivity contribution in [2.45, 2.75) is 20.3 Å². The molecule has 0 spiro atoms. The zero-order valence-electron chi connectivity index (χ0n) is 16.5. The minimum atomic E-state index is -0.529. The molecule has 150 valence electrons. The molecule has 0 saturated heterocycles. The van der Waals surface area contributed by atoms with Crippen LogP contribution < -0.4 is 9.47 Å². The fourth-order valence-electron chi connectivity index (χ4n) is 2.28. The third-order valence-corrected chi connectivity index (χ3v) is 3.83. The quantitative estimate of drug-likeness (QED) is 0.347. The molecule has 0 saturated carbocycles. The summed E-state index contributed by atoms with van der Waals surface area (Å²) in [4.78, 5) is 24.4. The van der Waals surface area contributed by atoms with Crippen LogP contribution in [0.4, 0.5) is 0 Å². The normalized spacial score (nSPS) is 10.6. The number of hydrogen-bond donors (Lipinski definition) is 0. The Kier molecular flexibility index (Phi) is 8.49. The minimum absolute atomic E-state index is 0.156. The van der Waals surface area contributed by atoms with Gasteiger partial charge in [0.25, 0.3) is 0 Å². The second-order valence-corrected chi connectivity index (χ2v) is 6.60. The lowest BCUT2D eigenvalue weighted by Crippen LogP contribution is -2.11. The van der Waals surface area contributed by atoms with Crippen molar-refractivity contribution in [3.63, 3.8) is 0 Å². The zero-order valence-corrected chi connectivity index (χ0v) is 16.5. The number of esters is 2. The van der Waals surface area contributed by atoms with Gasteiger partial charge in [-0.15, -0.1) is 0 Å². The van der Waals surface area contributed by atoms with Gasteiger partial charge in [0.05, 0.1) is 24.3 Å². The first-order chi connectivity index (χ1) is 13.5. The number of carbonyl (C=O) groups excluding carboxylic acids is 2. The summed E-state index contributed by atoms with van der Waals surface area (Å²) >= 11 is 0. The molecule has 2 aromatic carbocycles. The Balaban J connectivity index is 1.99. The highest BCUT2D eigenvalue weighted by atomic mass is 16.6. The van der Waals surface area contributed by atoms with Crippen LogP contribution in [0, 0.1) is 5.92 Å². The monoisotopic (exact) mass is 386 g/mol. The molecule has 0 heterocycles. The summed E-state index contributed by atoms with van der Waals surface area (Å²) < 4.78 is 21.0. The Morgan fingerprint density at radius 1 is 0.857 bits per heavy atom. The molecule has 0 atom stereocenters. The molecule has 0 bridgehead atoms. The number of ether oxygens (including phenoxy) is 4. The lowest BCUT2D eigenvalue weighted by molar-refractivity contribution is 0.0387. The molecular formula is C22H26O6. The minimum Gasteiger partial charge on any atom is -0.494 e. The third-order valence-electron chi connectivity index (χ3n) is 3.83. The fourth-order valence-corrected chi connectivity index (χ4v) is 2.28. The van der Waals surface area contributed by atoms with E-state index in [9.17, 15) is 9.59 Å². The third kappa shape index (κ3) is 7.04. The van der Waals surface area contributed by atoms with Crippen molar-refractivity contribution in [2.24, 2.45) is 5.92 Å². The van der Waals surface area contributed by atoms with E-state index in [2.05, 4.69) is 13.8 Å². The highest BCUT2D eigenvalue weighted by molar-refractivity contribution is 5.93. The number of hydrogen-bond acceptors (Lipinski definition) is 6. The van der Waals surface area contributed by atoms with Gasteiger partial charge in [0.2, 0.25) is 0 Å². The van der Waals surface area contributed by atoms with Crippen molar-refractivity contribution >= 4 is 11.9 Å². The molecule has 28 heavy (non-hydrogen) atoms. The van der Waals surface area contributed by atoms with Crippen molar-refractivity contribution in [3.8, 4) is 11.5 Å². The van der Waals surface area contributed by atoms with E-state index in [0.717, 1.165) is 6.42 Å². The van der Waals surface area contributed by atoms with Gasteiger partial charge < -0.3 is 18.9 Å². The molecule has 0 N–H and O–H groups in total. The Morgan fingerprint density at radius 3 is 2.18 bits per heavy atom. The van der Waals surface area contributed by atoms with E-state index in [4.69, 9.17) is 18.9 Å². The van der Waals surface area contributed by atoms with Gasteiger partial charge in [0.1, 0.15) is 18.1 Å². The summed E-state index contributed by atoms with van der Waals surface area (Å²) in [6.45, 7) is 5.31. The maximum atomic E-state index is 12.4. The topological polar surface area (TPSA) is 71.1 Å². The van der Waals surface area contributed by atoms with Gasteiger partial charge in [-0.2, -0.15) is 0 Å². The predicted molar refractivity (Wildman–Crippen MR) is 105 cm³/mol. The molecule has 0 aliphatic rings. The summed E-state index contributed by atoms with van der Waals surface area (Å²) in [5, 5.41) is 0. The first-order valence-corrected chi connectivity index (χ1v) is 9.20. The molecule has 0 amide bonds. The van der Waals surface area contributed by atoms with Crippen LogP contribution in [0.5, 0.6) is 11.5 Å². The van der Waals surface area contributed by atoms with Gasteiger partial charge in [-0.25, -0.2) is 9.59 Å². The average molecular weight is 386 g/mol. The SMILES string of the molecule is COCCOC(=O)c1cccc(OC(=O)c2cccc(OCCC(C)C)c2)c1. The summed E-state index contributed by atoms with van der Waals surface area (Å²) in [5.41, 5.74) is 0.669. The van der Waals surface area contributed by atoms with Crippen molar-refractivity contribution in [2.75, 3.05) is 26.9 Å². The molecular weight excluding hydrogens is 360 g/mol. The van der Waals surface area contributed by atoms with Crippen LogP contribution in [0.3, 0.4) is 0 Å². The van der Waals surface area contributed by atoms with E-state index in [1.54, 1.807) is 42.5 Å². The number of methoxy groups -OCH3 is 1. The summed E-state index contributed by atoms with van der Waals surface area (Å²) in [7, 11) is 1.53. The van der Waals surface area contributed by atoms with Crippen LogP contribution in [-0.2, 0) is 9.47 Å². The van der Waals surface area contributed by atoms with Gasteiger partial charge in [0.15, 0.2) is 0 Å². The van der Waals surface area contributed by atoms with Gasteiger partial charge in [-0.1, -0.05) is 26.0 Å². The maximum Gasteiger partial charge on any atom is 0.343 e. The van der Waals surface area contributed by atoms with Gasteiger partial charge in [0, 0.05) is 7.11 Å². The molecule has 0 aromatic heterocycles. The molecule has 0 aliphatic heterocycles. The lowest BCUT2D eigenvalue weighted by atomic mass is 10.1. The first-order valence-electron chi connectivity index (χ1n) is 9.20. The molecule has 0 radical (unpaired) electrons. The van der Waals surface area contributed by atoms with Crippen LogP contribution in [0.25, 0.3) is 0 Å². The van der Waals surface area contributed by atoms with Crippen LogP contribution >= 0.6 is 0 Å². The van der Waals surface area contributed by atoms with Crippen molar-refractivity contribution in [1.29, 1.82) is 0 Å². The van der Waals surface area contributed by atoms with Crippen molar-refractivity contribution < 1.29 is 28.5 Å². The molecule has 0 unspecified atom stereocenters. The molecule has 0 fully saturated rings. The van der Waals surface area contributed by atoms with Gasteiger partial charge in [-0.3, -0.25) is 0 Å². The Labute approximate surface area is 165 Å². The Hall–Kier alpha value is -2.86. The first kappa shape index (κ1) is 21.4. The van der Waals surface area contributed by atoms with Crippen LogP contribution in [0.1, 0.15) is 41.0 Å². The molecule has 6 heteroatoms. The molecule has 2 aromatic rings. The van der Waals surface area contributed by atoms with E-state index in [-0.39, 0.29) is 12.4 Å². The van der Waals surface area contributed by atoms with E-state index < -0.39 is 11.9 Å². The highest BCUT2D eigenvalue weighted by Gasteiger charge is 2.13. The lowest BCUT2D eigenvalue weighted by Gasteiger charge is -2.10. The van der Waals surface area contributed by atoms with Gasteiger partial charge >= 0.3 is 11.9 Å². The Morgan fingerprint density at radius 2 is 1.50 bits per heavy atom. The standard InChI is InChI=1S/C22H26O6/c1-16(2)10-11-26-19-8-4-7-18(14-19)22(24)28-20-9-5-6-17(15-20)21(23)27-13-12-25-3/h4-9,14-16H,10-13H2,1-3H3. The number of carbonyl (C=O) groups is 2. The van der Waals surface area contributed by atoms with Gasteiger partial charge in [-0.05, 0) is 48.7 Å².